The Balaban J connectivity index is 1.69. The van der Waals surface area contributed by atoms with E-state index >= 15 is 0 Å². The van der Waals surface area contributed by atoms with Crippen LogP contribution in [0.4, 0.5) is 11.5 Å². The van der Waals surface area contributed by atoms with E-state index in [0.29, 0.717) is 29.0 Å². The summed E-state index contributed by atoms with van der Waals surface area (Å²) in [6.07, 6.45) is 2.22. The fraction of sp³-hybridized carbons (Fsp3) is 0.158. The molecule has 0 saturated carbocycles. The summed E-state index contributed by atoms with van der Waals surface area (Å²) in [5, 5.41) is 12.8. The molecule has 2 aromatic carbocycles. The van der Waals surface area contributed by atoms with E-state index in [1.54, 1.807) is 12.1 Å². The Bertz CT molecular complexity index is 997. The van der Waals surface area contributed by atoms with E-state index in [-0.39, 0.29) is 5.69 Å². The zero-order valence-corrected chi connectivity index (χ0v) is 15.8. The van der Waals surface area contributed by atoms with Crippen LogP contribution in [0.3, 0.4) is 0 Å². The van der Waals surface area contributed by atoms with Crippen LogP contribution in [0.5, 0.6) is 0 Å². The van der Waals surface area contributed by atoms with Crippen molar-refractivity contribution in [3.63, 3.8) is 0 Å². The van der Waals surface area contributed by atoms with Crippen LogP contribution in [0.1, 0.15) is 11.1 Å². The first kappa shape index (κ1) is 17.8. The van der Waals surface area contributed by atoms with E-state index in [2.05, 4.69) is 22.1 Å². The highest BCUT2D eigenvalue weighted by molar-refractivity contribution is 7.99. The number of hydrogen-bond donors (Lipinski definition) is 0. The molecule has 0 atom stereocenters. The molecule has 4 rings (SSSR count). The smallest absolute Gasteiger partial charge is 0.343 e. The molecule has 0 amide bonds. The Morgan fingerprint density at radius 2 is 1.81 bits per heavy atom. The molecule has 1 aliphatic rings. The van der Waals surface area contributed by atoms with Gasteiger partial charge in [0.15, 0.2) is 5.03 Å². The zero-order chi connectivity index (χ0) is 18.8. The summed E-state index contributed by atoms with van der Waals surface area (Å²) in [6.45, 7) is 1.28. The summed E-state index contributed by atoms with van der Waals surface area (Å²) < 4.78 is 0. The molecule has 27 heavy (non-hydrogen) atoms. The van der Waals surface area contributed by atoms with Gasteiger partial charge in [0.05, 0.1) is 4.92 Å². The molecule has 136 valence electrons. The van der Waals surface area contributed by atoms with Crippen LogP contribution in [0, 0.1) is 10.1 Å². The maximum Gasteiger partial charge on any atom is 0.343 e. The Morgan fingerprint density at radius 1 is 1.07 bits per heavy atom. The molecule has 3 aromatic rings. The van der Waals surface area contributed by atoms with Gasteiger partial charge in [-0.05, 0) is 41.8 Å². The van der Waals surface area contributed by atoms with E-state index in [4.69, 9.17) is 11.6 Å². The van der Waals surface area contributed by atoms with Gasteiger partial charge in [0.25, 0.3) is 0 Å². The van der Waals surface area contributed by atoms with Crippen molar-refractivity contribution < 1.29 is 4.92 Å². The lowest BCUT2D eigenvalue weighted by Gasteiger charge is -2.29. The second kappa shape index (κ2) is 7.54. The molecule has 0 bridgehead atoms. The van der Waals surface area contributed by atoms with Gasteiger partial charge in [0, 0.05) is 23.0 Å². The standard InChI is InChI=1S/C19H15ClN4O2S/c20-15-5-7-16(8-6-15)27-19-17(24(25)26)18(21-12-22-19)23-10-9-13-3-1-2-4-14(13)11-23/h1-8,12H,9-11H2. The Hall–Kier alpha value is -2.64. The van der Waals surface area contributed by atoms with Crippen LogP contribution in [-0.4, -0.2) is 21.4 Å². The minimum absolute atomic E-state index is 0.0585. The molecule has 0 spiro atoms. The monoisotopic (exact) mass is 398 g/mol. The van der Waals surface area contributed by atoms with Crippen molar-refractivity contribution in [3.05, 3.63) is 81.1 Å². The molecule has 0 saturated heterocycles. The second-order valence-electron chi connectivity index (χ2n) is 6.10. The molecule has 0 radical (unpaired) electrons. The first-order valence-corrected chi connectivity index (χ1v) is 9.56. The molecule has 1 aliphatic heterocycles. The molecule has 2 heterocycles. The van der Waals surface area contributed by atoms with Crippen LogP contribution in [0.15, 0.2) is 64.8 Å². The number of rotatable bonds is 4. The molecular formula is C19H15ClN4O2S. The average Bonchev–Trinajstić information content (AvgIpc) is 2.69. The summed E-state index contributed by atoms with van der Waals surface area (Å²) in [6, 6.07) is 15.3. The van der Waals surface area contributed by atoms with Crippen LogP contribution in [-0.2, 0) is 13.0 Å². The number of aromatic nitrogens is 2. The predicted octanol–water partition coefficient (Wildman–Crippen LogP) is 4.75. The summed E-state index contributed by atoms with van der Waals surface area (Å²) >= 11 is 7.15. The second-order valence-corrected chi connectivity index (χ2v) is 7.60. The quantitative estimate of drug-likeness (QED) is 0.358. The summed E-state index contributed by atoms with van der Waals surface area (Å²) in [7, 11) is 0. The van der Waals surface area contributed by atoms with Gasteiger partial charge in [0.2, 0.25) is 5.82 Å². The third-order valence-electron chi connectivity index (χ3n) is 4.41. The van der Waals surface area contributed by atoms with Crippen molar-refractivity contribution in [1.29, 1.82) is 0 Å². The normalized spacial score (nSPS) is 13.3. The number of halogens is 1. The summed E-state index contributed by atoms with van der Waals surface area (Å²) in [4.78, 5) is 22.6. The van der Waals surface area contributed by atoms with Crippen molar-refractivity contribution in [3.8, 4) is 0 Å². The van der Waals surface area contributed by atoms with Gasteiger partial charge in [-0.25, -0.2) is 9.97 Å². The van der Waals surface area contributed by atoms with Crippen molar-refractivity contribution in [2.75, 3.05) is 11.4 Å². The van der Waals surface area contributed by atoms with Gasteiger partial charge in [-0.2, -0.15) is 0 Å². The maximum absolute atomic E-state index is 11.8. The highest BCUT2D eigenvalue weighted by atomic mass is 35.5. The molecule has 0 N–H and O–H groups in total. The van der Waals surface area contributed by atoms with E-state index in [0.717, 1.165) is 11.3 Å². The molecule has 8 heteroatoms. The number of anilines is 1. The van der Waals surface area contributed by atoms with E-state index in [9.17, 15) is 10.1 Å². The lowest BCUT2D eigenvalue weighted by Crippen LogP contribution is -2.31. The van der Waals surface area contributed by atoms with Crippen LogP contribution >= 0.6 is 23.4 Å². The van der Waals surface area contributed by atoms with Crippen LogP contribution in [0.25, 0.3) is 0 Å². The van der Waals surface area contributed by atoms with Gasteiger partial charge in [-0.3, -0.25) is 10.1 Å². The average molecular weight is 399 g/mol. The van der Waals surface area contributed by atoms with E-state index in [1.807, 2.05) is 29.2 Å². The number of benzene rings is 2. The van der Waals surface area contributed by atoms with E-state index in [1.165, 1.54) is 29.2 Å². The Kier molecular flexibility index (Phi) is 4.96. The molecule has 6 nitrogen and oxygen atoms in total. The van der Waals surface area contributed by atoms with Crippen molar-refractivity contribution in [2.45, 2.75) is 22.9 Å². The molecule has 0 fully saturated rings. The van der Waals surface area contributed by atoms with Crippen LogP contribution in [0.2, 0.25) is 5.02 Å². The fourth-order valence-electron chi connectivity index (χ4n) is 3.11. The van der Waals surface area contributed by atoms with Crippen molar-refractivity contribution in [1.82, 2.24) is 9.97 Å². The third-order valence-corrected chi connectivity index (χ3v) is 5.66. The van der Waals surface area contributed by atoms with E-state index < -0.39 is 4.92 Å². The Labute approximate surface area is 165 Å². The summed E-state index contributed by atoms with van der Waals surface area (Å²) in [5.41, 5.74) is 2.39. The molecule has 0 unspecified atom stereocenters. The minimum Gasteiger partial charge on any atom is -0.346 e. The number of hydrogen-bond acceptors (Lipinski definition) is 6. The molecule has 1 aromatic heterocycles. The highest BCUT2D eigenvalue weighted by Gasteiger charge is 2.29. The lowest BCUT2D eigenvalue weighted by atomic mass is 10.00. The first-order chi connectivity index (χ1) is 13.1. The largest absolute Gasteiger partial charge is 0.346 e. The zero-order valence-electron chi connectivity index (χ0n) is 14.2. The first-order valence-electron chi connectivity index (χ1n) is 8.36. The van der Waals surface area contributed by atoms with Crippen LogP contribution < -0.4 is 4.90 Å². The minimum atomic E-state index is -0.395. The number of fused-ring (bicyclic) bond motifs is 1. The topological polar surface area (TPSA) is 72.2 Å². The van der Waals surface area contributed by atoms with Gasteiger partial charge in [0.1, 0.15) is 6.33 Å². The van der Waals surface area contributed by atoms with Gasteiger partial charge >= 0.3 is 5.69 Å². The molecule has 0 aliphatic carbocycles. The SMILES string of the molecule is O=[N+]([O-])c1c(Sc2ccc(Cl)cc2)ncnc1N1CCc2ccccc2C1. The van der Waals surface area contributed by atoms with Crippen molar-refractivity contribution in [2.24, 2.45) is 0 Å². The highest BCUT2D eigenvalue weighted by Crippen LogP contribution is 2.39. The number of nitro groups is 1. The van der Waals surface area contributed by atoms with Gasteiger partial charge in [-0.15, -0.1) is 0 Å². The molecular weight excluding hydrogens is 384 g/mol. The maximum atomic E-state index is 11.8. The van der Waals surface area contributed by atoms with Gasteiger partial charge in [-0.1, -0.05) is 47.6 Å². The predicted molar refractivity (Wildman–Crippen MR) is 105 cm³/mol. The van der Waals surface area contributed by atoms with Crippen molar-refractivity contribution >= 4 is 34.9 Å². The van der Waals surface area contributed by atoms with Gasteiger partial charge < -0.3 is 4.90 Å². The third kappa shape index (κ3) is 3.74. The summed E-state index contributed by atoms with van der Waals surface area (Å²) in [5.74, 6) is 0.362. The lowest BCUT2D eigenvalue weighted by molar-refractivity contribution is -0.387. The fourth-order valence-corrected chi connectivity index (χ4v) is 4.09. The Morgan fingerprint density at radius 3 is 2.56 bits per heavy atom. The number of nitrogens with zero attached hydrogens (tertiary/aromatic N) is 4.